The maximum absolute atomic E-state index is 12.5. The Morgan fingerprint density at radius 2 is 1.62 bits per heavy atom. The van der Waals surface area contributed by atoms with Crippen LogP contribution in [0, 0.1) is 0 Å². The third-order valence-corrected chi connectivity index (χ3v) is 5.96. The van der Waals surface area contributed by atoms with Crippen LogP contribution in [0.15, 0.2) is 59.5 Å². The van der Waals surface area contributed by atoms with Gasteiger partial charge in [-0.15, -0.1) is 0 Å². The van der Waals surface area contributed by atoms with Crippen molar-refractivity contribution in [2.75, 3.05) is 18.8 Å². The molecule has 1 aliphatic rings. The molecule has 0 saturated carbocycles. The van der Waals surface area contributed by atoms with Crippen LogP contribution in [0.2, 0.25) is 0 Å². The summed E-state index contributed by atoms with van der Waals surface area (Å²) in [6.45, 7) is 2.67. The number of hydrogen-bond donors (Lipinski definition) is 2. The van der Waals surface area contributed by atoms with E-state index in [1.807, 2.05) is 18.2 Å². The van der Waals surface area contributed by atoms with Crippen LogP contribution in [0.3, 0.4) is 0 Å². The van der Waals surface area contributed by atoms with Gasteiger partial charge in [0.2, 0.25) is 10.0 Å². The van der Waals surface area contributed by atoms with E-state index in [0.29, 0.717) is 0 Å². The number of piperidine rings is 1. The highest BCUT2D eigenvalue weighted by molar-refractivity contribution is 7.89. The molecule has 3 N–H and O–H groups in total. The Labute approximate surface area is 143 Å². The summed E-state index contributed by atoms with van der Waals surface area (Å²) >= 11 is 0. The minimum absolute atomic E-state index is 0.0402. The van der Waals surface area contributed by atoms with Crippen molar-refractivity contribution in [3.8, 4) is 0 Å². The van der Waals surface area contributed by atoms with Gasteiger partial charge in [-0.05, 0) is 30.5 Å². The zero-order chi connectivity index (χ0) is 17.0. The number of nitrogen functional groups attached to an aromatic ring is 1. The van der Waals surface area contributed by atoms with E-state index in [2.05, 4.69) is 21.8 Å². The second kappa shape index (κ2) is 7.34. The first-order valence-corrected chi connectivity index (χ1v) is 9.66. The zero-order valence-electron chi connectivity index (χ0n) is 13.6. The van der Waals surface area contributed by atoms with Gasteiger partial charge in [0.25, 0.3) is 0 Å². The third kappa shape index (κ3) is 4.14. The van der Waals surface area contributed by atoms with Gasteiger partial charge in [0.1, 0.15) is 4.90 Å². The number of sulfonamides is 1. The van der Waals surface area contributed by atoms with Gasteiger partial charge in [0.05, 0.1) is 5.69 Å². The molecule has 0 amide bonds. The second-order valence-corrected chi connectivity index (χ2v) is 7.88. The number of benzene rings is 2. The SMILES string of the molecule is Nc1ccccc1S(=O)(=O)NC1CCN(Cc2ccccc2)CC1. The summed E-state index contributed by atoms with van der Waals surface area (Å²) in [7, 11) is -3.56. The summed E-state index contributed by atoms with van der Waals surface area (Å²) in [4.78, 5) is 2.52. The monoisotopic (exact) mass is 345 g/mol. The highest BCUT2D eigenvalue weighted by Gasteiger charge is 2.25. The molecule has 1 heterocycles. The van der Waals surface area contributed by atoms with Crippen molar-refractivity contribution in [1.29, 1.82) is 0 Å². The molecule has 0 bridgehead atoms. The first-order chi connectivity index (χ1) is 11.5. The average molecular weight is 345 g/mol. The number of likely N-dealkylation sites (tertiary alicyclic amines) is 1. The fourth-order valence-electron chi connectivity index (χ4n) is 3.06. The minimum atomic E-state index is -3.56. The Hall–Kier alpha value is -1.89. The number of nitrogens with two attached hydrogens (primary N) is 1. The summed E-state index contributed by atoms with van der Waals surface area (Å²) in [5, 5.41) is 0. The third-order valence-electron chi connectivity index (χ3n) is 4.37. The van der Waals surface area contributed by atoms with Crippen LogP contribution >= 0.6 is 0 Å². The van der Waals surface area contributed by atoms with Crippen LogP contribution in [0.4, 0.5) is 5.69 Å². The molecule has 0 aliphatic carbocycles. The van der Waals surface area contributed by atoms with E-state index < -0.39 is 10.0 Å². The Morgan fingerprint density at radius 1 is 1.00 bits per heavy atom. The Morgan fingerprint density at radius 3 is 2.29 bits per heavy atom. The molecule has 0 atom stereocenters. The molecule has 5 nitrogen and oxygen atoms in total. The highest BCUT2D eigenvalue weighted by Crippen LogP contribution is 2.20. The molecule has 0 radical (unpaired) electrons. The molecule has 3 rings (SSSR count). The van der Waals surface area contributed by atoms with Crippen LogP contribution in [0.25, 0.3) is 0 Å². The molecule has 0 unspecified atom stereocenters. The molecule has 128 valence electrons. The predicted octanol–water partition coefficient (Wildman–Crippen LogP) is 2.21. The van der Waals surface area contributed by atoms with Gasteiger partial charge in [0, 0.05) is 25.7 Å². The number of para-hydroxylation sites is 1. The van der Waals surface area contributed by atoms with Crippen LogP contribution < -0.4 is 10.5 Å². The van der Waals surface area contributed by atoms with Crippen LogP contribution in [-0.4, -0.2) is 32.4 Å². The van der Waals surface area contributed by atoms with Crippen molar-refractivity contribution in [3.63, 3.8) is 0 Å². The first kappa shape index (κ1) is 17.0. The van der Waals surface area contributed by atoms with E-state index in [0.717, 1.165) is 32.5 Å². The summed E-state index contributed by atoms with van der Waals surface area (Å²) in [5.41, 5.74) is 7.36. The van der Waals surface area contributed by atoms with Crippen molar-refractivity contribution >= 4 is 15.7 Å². The van der Waals surface area contributed by atoms with E-state index in [4.69, 9.17) is 5.73 Å². The standard InChI is InChI=1S/C18H23N3O2S/c19-17-8-4-5-9-18(17)24(22,23)20-16-10-12-21(13-11-16)14-15-6-2-1-3-7-15/h1-9,16,20H,10-14,19H2. The van der Waals surface area contributed by atoms with Gasteiger partial charge in [0.15, 0.2) is 0 Å². The van der Waals surface area contributed by atoms with E-state index >= 15 is 0 Å². The first-order valence-electron chi connectivity index (χ1n) is 8.18. The van der Waals surface area contributed by atoms with Gasteiger partial charge >= 0.3 is 0 Å². The number of nitrogens with one attached hydrogen (secondary N) is 1. The zero-order valence-corrected chi connectivity index (χ0v) is 14.4. The lowest BCUT2D eigenvalue weighted by Gasteiger charge is -2.32. The highest BCUT2D eigenvalue weighted by atomic mass is 32.2. The Balaban J connectivity index is 1.56. The van der Waals surface area contributed by atoms with Gasteiger partial charge in [-0.3, -0.25) is 4.90 Å². The van der Waals surface area contributed by atoms with Crippen LogP contribution in [0.5, 0.6) is 0 Å². The Kier molecular flexibility index (Phi) is 5.18. The number of rotatable bonds is 5. The molecule has 1 aliphatic heterocycles. The second-order valence-electron chi connectivity index (χ2n) is 6.20. The van der Waals surface area contributed by atoms with E-state index in [9.17, 15) is 8.42 Å². The van der Waals surface area contributed by atoms with Gasteiger partial charge in [-0.1, -0.05) is 42.5 Å². The molecule has 0 spiro atoms. The molecule has 0 aromatic heterocycles. The molecule has 6 heteroatoms. The average Bonchev–Trinajstić information content (AvgIpc) is 2.58. The quantitative estimate of drug-likeness (QED) is 0.815. The summed E-state index contributed by atoms with van der Waals surface area (Å²) in [5.74, 6) is 0. The van der Waals surface area contributed by atoms with E-state index in [-0.39, 0.29) is 16.6 Å². The maximum Gasteiger partial charge on any atom is 0.242 e. The van der Waals surface area contributed by atoms with Crippen molar-refractivity contribution in [2.24, 2.45) is 0 Å². The van der Waals surface area contributed by atoms with Crippen LogP contribution in [0.1, 0.15) is 18.4 Å². The van der Waals surface area contributed by atoms with Crippen molar-refractivity contribution < 1.29 is 8.42 Å². The summed E-state index contributed by atoms with van der Waals surface area (Å²) in [6, 6.07) is 16.9. The fourth-order valence-corrected chi connectivity index (χ4v) is 4.50. The molecule has 2 aromatic carbocycles. The van der Waals surface area contributed by atoms with Crippen molar-refractivity contribution in [1.82, 2.24) is 9.62 Å². The summed E-state index contributed by atoms with van der Waals surface area (Å²) in [6.07, 6.45) is 1.61. The molecule has 2 aromatic rings. The molecular formula is C18H23N3O2S. The van der Waals surface area contributed by atoms with Gasteiger partial charge in [-0.25, -0.2) is 13.1 Å². The lowest BCUT2D eigenvalue weighted by molar-refractivity contribution is 0.200. The predicted molar refractivity (Wildman–Crippen MR) is 95.9 cm³/mol. The fraction of sp³-hybridized carbons (Fsp3) is 0.333. The number of hydrogen-bond acceptors (Lipinski definition) is 4. The topological polar surface area (TPSA) is 75.4 Å². The van der Waals surface area contributed by atoms with Crippen molar-refractivity contribution in [2.45, 2.75) is 30.3 Å². The minimum Gasteiger partial charge on any atom is -0.398 e. The summed E-state index contributed by atoms with van der Waals surface area (Å²) < 4.78 is 27.8. The largest absolute Gasteiger partial charge is 0.398 e. The van der Waals surface area contributed by atoms with Crippen molar-refractivity contribution in [3.05, 3.63) is 60.2 Å². The maximum atomic E-state index is 12.5. The lowest BCUT2D eigenvalue weighted by Crippen LogP contribution is -2.44. The Bertz CT molecular complexity index is 770. The molecule has 24 heavy (non-hydrogen) atoms. The van der Waals surface area contributed by atoms with E-state index in [1.165, 1.54) is 5.56 Å². The number of nitrogens with zero attached hydrogens (tertiary/aromatic N) is 1. The lowest BCUT2D eigenvalue weighted by atomic mass is 10.1. The van der Waals surface area contributed by atoms with Gasteiger partial charge < -0.3 is 5.73 Å². The smallest absolute Gasteiger partial charge is 0.242 e. The molecule has 1 fully saturated rings. The van der Waals surface area contributed by atoms with Gasteiger partial charge in [-0.2, -0.15) is 0 Å². The normalized spacial score (nSPS) is 17.0. The molecular weight excluding hydrogens is 322 g/mol. The van der Waals surface area contributed by atoms with Crippen LogP contribution in [-0.2, 0) is 16.6 Å². The number of anilines is 1. The van der Waals surface area contributed by atoms with E-state index in [1.54, 1.807) is 24.3 Å². The molecule has 1 saturated heterocycles.